The van der Waals surface area contributed by atoms with E-state index in [4.69, 9.17) is 37.9 Å². The molecule has 0 aromatic heterocycles. The molecule has 21 fully saturated rings. The molecule has 2 radical (unpaired) electrons. The maximum atomic E-state index is 13.2. The van der Waals surface area contributed by atoms with Crippen molar-refractivity contribution in [2.24, 2.45) is 173 Å². The summed E-state index contributed by atoms with van der Waals surface area (Å²) in [4.78, 5) is 25.5. The number of ether oxygens (including phenoxy) is 8. The normalized spacial score (nSPS) is 49.8. The molecule has 24 aliphatic rings. The first kappa shape index (κ1) is 106. The van der Waals surface area contributed by atoms with Crippen molar-refractivity contribution in [3.63, 3.8) is 0 Å². The monoisotopic (exact) mass is 1800 g/mol. The standard InChI is InChI=1S/C22H36O3.C22H34O3.C22H34O2.C21H32O3.C19H28O2.C2H6.CH3B.6CH4/c2*1-14-4-7-20(2)16-5-8-21(3)17(6-9-22(21)24-10-11-25-22)15(16)13-19(23)18(20)12-14;1-15-6-9-20(2)16(14-15)4-5-17-18(20)7-10-21(3)19(17)8-11-22(21)23-12-13-24-22;1-19-8-5-15(22)13-14(19)3-4-16-17(19)6-9-20(2)18(16)7-10-21(20)23-11-12-24-21;1-18-9-7-13(20)11-12(18)3-4-14-15-5-6-17(21)19(15,2)10-8-16(14)18;2*1-2;;;;;;/h14-19,23H,4-13H2,1-3H3;14-18H,4-13H2,1-3H3;4,15,17-19H,5-14H2,1-3H3;3,15-18,22H,4-13H2,1-2H3;3,13-16,20H,4-11H2,1-2H3;1-2H3;1H3;6*1H4/t14-,15+,16-,17-,18+,19-,20+,21-;14-,15+,16-,17-,18+,20+,21-;15-,17+,18-,19-,20-,21-;15-,16+,17-,18-,19-,20-;13-,14-,15-,16-,18-,19-;;;;;;;;/m00000......../s1. The summed E-state index contributed by atoms with van der Waals surface area (Å²) in [6, 6.07) is 0. The van der Waals surface area contributed by atoms with Crippen LogP contribution < -0.4 is 0 Å². The zero-order valence-electron chi connectivity index (χ0n) is 80.5. The van der Waals surface area contributed by atoms with E-state index in [1.165, 1.54) is 166 Å². The van der Waals surface area contributed by atoms with Gasteiger partial charge in [-0.15, -0.1) is 0 Å². The predicted molar refractivity (Wildman–Crippen MR) is 527 cm³/mol. The Labute approximate surface area is 791 Å². The van der Waals surface area contributed by atoms with E-state index in [0.29, 0.717) is 80.6 Å². The molecule has 4 heterocycles. The minimum absolute atomic E-state index is 0. The van der Waals surface area contributed by atoms with E-state index in [1.807, 2.05) is 19.4 Å². The summed E-state index contributed by atoms with van der Waals surface area (Å²) in [6.45, 7) is 43.4. The van der Waals surface area contributed by atoms with Crippen LogP contribution in [0.25, 0.3) is 0 Å². The lowest BCUT2D eigenvalue weighted by Crippen LogP contribution is -2.59. The van der Waals surface area contributed by atoms with E-state index < -0.39 is 0 Å². The molecule has 13 nitrogen and oxygen atoms in total. The average Bonchev–Trinajstić information content (AvgIpc) is 1.52. The van der Waals surface area contributed by atoms with Crippen LogP contribution in [-0.2, 0) is 47.5 Å². The van der Waals surface area contributed by atoms with Crippen LogP contribution in [0.5, 0.6) is 0 Å². The summed E-state index contributed by atoms with van der Waals surface area (Å²) in [5.74, 6) is 14.1. The Bertz CT molecular complexity index is 3800. The average molecular weight is 1800 g/mol. The SMILES string of the molecule is C.C.C.C.C.C.CC.C[C@H]1CC[C@@]2(C)C(=CC[C@@H]3[C@@H]2CC[C@@]2(C)[C@H]3CCC23OCCO3)C1.C[C@H]1CC[C@@]2(C)[C@H](C1)C(=O)C[C@@H]1[C@@H]2CC[C@@]2(C)[C@H]1CCC21OCCO1.C[C@H]1CC[C@@]2(C)[C@H](C1)[C@@H](O)C[C@@H]1[C@@H]2CC[C@@]2(C)[C@H]1CCC21OCCO1.C[C@]12CC[C@H](O)CC1=CC[C@@H]1[C@@H]2CC[C@@]2(C)[C@H]1CCC21OCCO1.C[C@]12CC[C@H](O)CC1=CC[C@@H]1[C@@H]2CC[C@]2(C)C(=O)CC[C@@H]12.[B]C. The first-order valence-electron chi connectivity index (χ1n) is 52.6. The van der Waals surface area contributed by atoms with Gasteiger partial charge >= 0.3 is 0 Å². The lowest BCUT2D eigenvalue weighted by molar-refractivity contribution is -0.252. The van der Waals surface area contributed by atoms with E-state index in [-0.39, 0.29) is 119 Å². The first-order valence-corrected chi connectivity index (χ1v) is 52.6. The number of allylic oxidation sites excluding steroid dienone is 4. The van der Waals surface area contributed by atoms with Crippen LogP contribution in [0.2, 0.25) is 6.82 Å². The molecule has 738 valence electrons. The fraction of sp³-hybridized carbons (Fsp3) is 0.930. The molecule has 14 heteroatoms. The second-order valence-corrected chi connectivity index (χ2v) is 49.3. The number of rotatable bonds is 0. The number of Topliss-reactive ketones (excluding diaryl/α,β-unsaturated/α-hetero) is 2. The number of carbonyl (C=O) groups is 2. The second kappa shape index (κ2) is 39.0. The molecule has 17 saturated carbocycles. The van der Waals surface area contributed by atoms with Gasteiger partial charge in [0, 0.05) is 71.5 Å². The molecule has 4 spiro atoms. The van der Waals surface area contributed by atoms with Gasteiger partial charge in [0.2, 0.25) is 0 Å². The lowest BCUT2D eigenvalue weighted by Gasteiger charge is -2.62. The number of aliphatic hydroxyl groups excluding tert-OH is 3. The van der Waals surface area contributed by atoms with Crippen molar-refractivity contribution in [1.82, 2.24) is 0 Å². The fourth-order valence-electron chi connectivity index (χ4n) is 38.2. The number of fused-ring (bicyclic) bond motifs is 29. The Hall–Kier alpha value is -1.82. The summed E-state index contributed by atoms with van der Waals surface area (Å²) in [7, 11) is 4.50. The molecular formula is C115H197BO13. The van der Waals surface area contributed by atoms with E-state index >= 15 is 0 Å². The van der Waals surface area contributed by atoms with Gasteiger partial charge in [0.25, 0.3) is 0 Å². The molecule has 0 bridgehead atoms. The van der Waals surface area contributed by atoms with Crippen molar-refractivity contribution in [3.05, 3.63) is 34.9 Å². The van der Waals surface area contributed by atoms with Crippen molar-refractivity contribution in [1.29, 1.82) is 0 Å². The summed E-state index contributed by atoms with van der Waals surface area (Å²) in [5.41, 5.74) is 7.30. The van der Waals surface area contributed by atoms with Crippen LogP contribution in [0.4, 0.5) is 0 Å². The Morgan fingerprint density at radius 1 is 0.302 bits per heavy atom. The summed E-state index contributed by atoms with van der Waals surface area (Å²) in [6.07, 6.45) is 54.5. The molecule has 0 aromatic carbocycles. The van der Waals surface area contributed by atoms with Crippen molar-refractivity contribution < 1.29 is 62.8 Å². The Morgan fingerprint density at radius 3 is 1.03 bits per heavy atom. The predicted octanol–water partition coefficient (Wildman–Crippen LogP) is 27.3. The highest BCUT2D eigenvalue weighted by molar-refractivity contribution is 6.05. The molecule has 0 amide bonds. The Morgan fingerprint density at radius 2 is 0.612 bits per heavy atom. The van der Waals surface area contributed by atoms with Gasteiger partial charge in [-0.05, 0) is 345 Å². The maximum Gasteiger partial charge on any atom is 0.174 e. The minimum Gasteiger partial charge on any atom is -0.393 e. The number of carbonyl (C=O) groups excluding carboxylic acids is 2. The highest BCUT2D eigenvalue weighted by Gasteiger charge is 2.73. The highest BCUT2D eigenvalue weighted by Crippen LogP contribution is 2.76. The van der Waals surface area contributed by atoms with Gasteiger partial charge in [-0.1, -0.05) is 203 Å². The van der Waals surface area contributed by atoms with Gasteiger partial charge in [0.1, 0.15) is 11.6 Å². The van der Waals surface area contributed by atoms with Gasteiger partial charge in [-0.3, -0.25) is 9.59 Å². The van der Waals surface area contributed by atoms with Gasteiger partial charge in [0.15, 0.2) is 23.1 Å². The number of hydrogen-bond acceptors (Lipinski definition) is 13. The number of hydrogen-bond donors (Lipinski definition) is 3. The molecule has 4 aliphatic heterocycles. The van der Waals surface area contributed by atoms with Crippen molar-refractivity contribution in [3.8, 4) is 0 Å². The van der Waals surface area contributed by atoms with Gasteiger partial charge < -0.3 is 53.2 Å². The van der Waals surface area contributed by atoms with Gasteiger partial charge in [-0.25, -0.2) is 0 Å². The van der Waals surface area contributed by atoms with Crippen molar-refractivity contribution in [2.45, 2.75) is 454 Å². The van der Waals surface area contributed by atoms with Crippen LogP contribution in [0.1, 0.15) is 405 Å². The van der Waals surface area contributed by atoms with E-state index in [1.54, 1.807) is 5.57 Å². The molecule has 4 saturated heterocycles. The molecule has 0 unspecified atom stereocenters. The van der Waals surface area contributed by atoms with Crippen LogP contribution in [0, 0.1) is 173 Å². The van der Waals surface area contributed by atoms with E-state index in [9.17, 15) is 24.9 Å². The zero-order valence-corrected chi connectivity index (χ0v) is 80.5. The second-order valence-electron chi connectivity index (χ2n) is 49.3. The van der Waals surface area contributed by atoms with Crippen molar-refractivity contribution >= 4 is 19.4 Å². The zero-order chi connectivity index (χ0) is 86.9. The highest BCUT2D eigenvalue weighted by atomic mass is 16.8. The maximum absolute atomic E-state index is 13.2. The third kappa shape index (κ3) is 16.2. The van der Waals surface area contributed by atoms with Crippen LogP contribution in [0.3, 0.4) is 0 Å². The summed E-state index contributed by atoms with van der Waals surface area (Å²) >= 11 is 0. The summed E-state index contributed by atoms with van der Waals surface area (Å²) in [5, 5.41) is 31.2. The molecule has 129 heavy (non-hydrogen) atoms. The molecular weight excluding hydrogens is 1600 g/mol. The van der Waals surface area contributed by atoms with E-state index in [0.717, 1.165) is 227 Å². The lowest BCUT2D eigenvalue weighted by atomic mass is 9.44. The molecule has 0 aromatic rings. The molecule has 3 N–H and O–H groups in total. The van der Waals surface area contributed by atoms with Crippen molar-refractivity contribution in [2.75, 3.05) is 52.9 Å². The molecule has 33 atom stereocenters. The minimum atomic E-state index is -0.343. The number of ketones is 2. The first-order chi connectivity index (χ1) is 58.7. The third-order valence-corrected chi connectivity index (χ3v) is 45.1. The largest absolute Gasteiger partial charge is 0.393 e. The quantitative estimate of drug-likeness (QED) is 0.155. The Balaban J connectivity index is 0.000000143. The van der Waals surface area contributed by atoms with Gasteiger partial charge in [0.05, 0.1) is 79.0 Å². The molecule has 24 rings (SSSR count). The van der Waals surface area contributed by atoms with Crippen LogP contribution >= 0.6 is 0 Å². The van der Waals surface area contributed by atoms with Crippen LogP contribution in [0.15, 0.2) is 34.9 Å². The fourth-order valence-corrected chi connectivity index (χ4v) is 38.2. The van der Waals surface area contributed by atoms with E-state index in [2.05, 4.69) is 116 Å². The Kier molecular flexibility index (Phi) is 32.1. The number of aliphatic hydroxyl groups is 3. The van der Waals surface area contributed by atoms with Gasteiger partial charge in [-0.2, -0.15) is 0 Å². The molecule has 20 aliphatic carbocycles. The topological polar surface area (TPSA) is 169 Å². The van der Waals surface area contributed by atoms with Crippen LogP contribution in [-0.4, -0.2) is 129 Å². The summed E-state index contributed by atoms with van der Waals surface area (Å²) < 4.78 is 49.9. The third-order valence-electron chi connectivity index (χ3n) is 45.1. The smallest absolute Gasteiger partial charge is 0.174 e.